The Bertz CT molecular complexity index is 381. The molecule has 0 aromatic heterocycles. The van der Waals surface area contributed by atoms with Gasteiger partial charge < -0.3 is 5.73 Å². The third-order valence-electron chi connectivity index (χ3n) is 1.73. The van der Waals surface area contributed by atoms with Crippen molar-refractivity contribution in [2.75, 3.05) is 6.54 Å². The van der Waals surface area contributed by atoms with Crippen molar-refractivity contribution in [3.63, 3.8) is 0 Å². The van der Waals surface area contributed by atoms with Crippen LogP contribution in [0.3, 0.4) is 0 Å². The van der Waals surface area contributed by atoms with E-state index in [4.69, 9.17) is 5.73 Å². The third-order valence-corrected chi connectivity index (χ3v) is 1.73. The summed E-state index contributed by atoms with van der Waals surface area (Å²) < 4.78 is 38.5. The van der Waals surface area contributed by atoms with Crippen molar-refractivity contribution >= 4 is 0 Å². The molecular formula is C11H10F3N. The molecule has 0 unspecified atom stereocenters. The number of hydrogen-bond acceptors (Lipinski definition) is 1. The Kier molecular flexibility index (Phi) is 4.19. The van der Waals surface area contributed by atoms with Crippen LogP contribution < -0.4 is 5.73 Å². The van der Waals surface area contributed by atoms with Crippen molar-refractivity contribution in [3.8, 4) is 11.8 Å². The topological polar surface area (TPSA) is 26.0 Å². The van der Waals surface area contributed by atoms with Crippen LogP contribution in [-0.2, 0) is 0 Å². The molecule has 1 aromatic carbocycles. The van der Waals surface area contributed by atoms with Crippen LogP contribution in [0.4, 0.5) is 13.2 Å². The van der Waals surface area contributed by atoms with E-state index in [2.05, 4.69) is 11.8 Å². The minimum Gasteiger partial charge on any atom is -0.330 e. The molecule has 0 atom stereocenters. The fraction of sp³-hybridized carbons (Fsp3) is 0.273. The van der Waals surface area contributed by atoms with E-state index in [1.165, 1.54) is 0 Å². The molecule has 0 bridgehead atoms. The molecule has 0 aliphatic rings. The van der Waals surface area contributed by atoms with E-state index in [0.717, 1.165) is 0 Å². The van der Waals surface area contributed by atoms with E-state index < -0.39 is 23.0 Å². The van der Waals surface area contributed by atoms with Crippen molar-refractivity contribution in [1.29, 1.82) is 0 Å². The third kappa shape index (κ3) is 3.30. The molecule has 4 heteroatoms. The number of rotatable bonds is 2. The van der Waals surface area contributed by atoms with Gasteiger partial charge in [-0.15, -0.1) is 0 Å². The quantitative estimate of drug-likeness (QED) is 0.591. The zero-order chi connectivity index (χ0) is 11.3. The zero-order valence-corrected chi connectivity index (χ0v) is 7.99. The number of unbranched alkanes of at least 4 members (excludes halogenated alkanes) is 1. The summed E-state index contributed by atoms with van der Waals surface area (Å²) in [5.74, 6) is 1.99. The predicted octanol–water partition coefficient (Wildman–Crippen LogP) is 2.19. The summed E-state index contributed by atoms with van der Waals surface area (Å²) in [6, 6.07) is 1.21. The minimum absolute atomic E-state index is 0.395. The van der Waals surface area contributed by atoms with E-state index in [-0.39, 0.29) is 0 Å². The molecule has 1 rings (SSSR count). The monoisotopic (exact) mass is 213 g/mol. The second-order valence-corrected chi connectivity index (χ2v) is 2.94. The number of halogens is 3. The van der Waals surface area contributed by atoms with Crippen molar-refractivity contribution in [2.24, 2.45) is 5.73 Å². The lowest BCUT2D eigenvalue weighted by molar-refractivity contribution is 0.539. The molecule has 80 valence electrons. The molecule has 2 N–H and O–H groups in total. The summed E-state index contributed by atoms with van der Waals surface area (Å²) in [4.78, 5) is 0. The molecule has 0 heterocycles. The minimum atomic E-state index is -0.979. The van der Waals surface area contributed by atoms with Crippen LogP contribution in [0.5, 0.6) is 0 Å². The maximum Gasteiger partial charge on any atom is 0.144 e. The fourth-order valence-corrected chi connectivity index (χ4v) is 1.00. The van der Waals surface area contributed by atoms with Gasteiger partial charge in [-0.3, -0.25) is 0 Å². The first-order valence-electron chi connectivity index (χ1n) is 4.48. The lowest BCUT2D eigenvalue weighted by atomic mass is 10.2. The van der Waals surface area contributed by atoms with Crippen LogP contribution in [0.1, 0.15) is 18.4 Å². The highest BCUT2D eigenvalue weighted by Gasteiger charge is 2.08. The van der Waals surface area contributed by atoms with E-state index in [1.807, 2.05) is 0 Å². The molecule has 1 aromatic rings. The predicted molar refractivity (Wildman–Crippen MR) is 51.5 cm³/mol. The summed E-state index contributed by atoms with van der Waals surface area (Å²) in [5, 5.41) is 0. The molecular weight excluding hydrogens is 203 g/mol. The van der Waals surface area contributed by atoms with Gasteiger partial charge in [-0.1, -0.05) is 11.8 Å². The van der Waals surface area contributed by atoms with Gasteiger partial charge in [0.15, 0.2) is 0 Å². The SMILES string of the molecule is NCCCC#Cc1c(F)cc(F)cc1F. The van der Waals surface area contributed by atoms with E-state index >= 15 is 0 Å². The zero-order valence-electron chi connectivity index (χ0n) is 7.99. The van der Waals surface area contributed by atoms with Crippen molar-refractivity contribution in [3.05, 3.63) is 35.1 Å². The van der Waals surface area contributed by atoms with Crippen molar-refractivity contribution in [1.82, 2.24) is 0 Å². The normalized spacial score (nSPS) is 9.60. The lowest BCUT2D eigenvalue weighted by Gasteiger charge is -1.96. The number of hydrogen-bond donors (Lipinski definition) is 1. The highest BCUT2D eigenvalue weighted by atomic mass is 19.1. The molecule has 0 radical (unpaired) electrons. The van der Waals surface area contributed by atoms with Crippen LogP contribution in [-0.4, -0.2) is 6.54 Å². The van der Waals surface area contributed by atoms with Crippen LogP contribution in [0.2, 0.25) is 0 Å². The maximum atomic E-state index is 13.0. The molecule has 0 fully saturated rings. The summed E-state index contributed by atoms with van der Waals surface area (Å²) in [7, 11) is 0. The Morgan fingerprint density at radius 1 is 1.13 bits per heavy atom. The molecule has 0 spiro atoms. The molecule has 0 saturated heterocycles. The Balaban J connectivity index is 2.88. The van der Waals surface area contributed by atoms with Crippen LogP contribution in [0.25, 0.3) is 0 Å². The maximum absolute atomic E-state index is 13.0. The van der Waals surface area contributed by atoms with Gasteiger partial charge in [-0.25, -0.2) is 13.2 Å². The average Bonchev–Trinajstić information content (AvgIpc) is 2.15. The van der Waals surface area contributed by atoms with Crippen LogP contribution in [0.15, 0.2) is 12.1 Å². The number of nitrogens with two attached hydrogens (primary N) is 1. The van der Waals surface area contributed by atoms with Gasteiger partial charge in [-0.2, -0.15) is 0 Å². The first-order valence-corrected chi connectivity index (χ1v) is 4.48. The Hall–Kier alpha value is -1.47. The largest absolute Gasteiger partial charge is 0.330 e. The van der Waals surface area contributed by atoms with Crippen molar-refractivity contribution < 1.29 is 13.2 Å². The summed E-state index contributed by atoms with van der Waals surface area (Å²) in [6.07, 6.45) is 1.13. The van der Waals surface area contributed by atoms with Gasteiger partial charge in [0.05, 0.1) is 5.56 Å². The van der Waals surface area contributed by atoms with E-state index in [9.17, 15) is 13.2 Å². The highest BCUT2D eigenvalue weighted by molar-refractivity contribution is 5.36. The standard InChI is InChI=1S/C11H10F3N/c12-8-6-10(13)9(11(14)7-8)4-2-1-3-5-15/h6-7H,1,3,5,15H2. The van der Waals surface area contributed by atoms with Gasteiger partial charge >= 0.3 is 0 Å². The smallest absolute Gasteiger partial charge is 0.144 e. The molecule has 0 saturated carbocycles. The molecule has 0 amide bonds. The molecule has 1 nitrogen and oxygen atoms in total. The molecule has 0 aliphatic carbocycles. The second kappa shape index (κ2) is 5.42. The summed E-state index contributed by atoms with van der Waals surface area (Å²) >= 11 is 0. The average molecular weight is 213 g/mol. The van der Waals surface area contributed by atoms with Gasteiger partial charge in [0, 0.05) is 18.6 Å². The Morgan fingerprint density at radius 3 is 2.27 bits per heavy atom. The van der Waals surface area contributed by atoms with Crippen LogP contribution >= 0.6 is 0 Å². The highest BCUT2D eigenvalue weighted by Crippen LogP contribution is 2.13. The summed E-state index contributed by atoms with van der Waals surface area (Å²) in [5.41, 5.74) is 4.83. The lowest BCUT2D eigenvalue weighted by Crippen LogP contribution is -1.97. The van der Waals surface area contributed by atoms with E-state index in [1.54, 1.807) is 0 Å². The second-order valence-electron chi connectivity index (χ2n) is 2.94. The van der Waals surface area contributed by atoms with E-state index in [0.29, 0.717) is 31.5 Å². The summed E-state index contributed by atoms with van der Waals surface area (Å²) in [6.45, 7) is 0.475. The molecule has 15 heavy (non-hydrogen) atoms. The molecule has 0 aliphatic heterocycles. The van der Waals surface area contributed by atoms with Gasteiger partial charge in [0.2, 0.25) is 0 Å². The van der Waals surface area contributed by atoms with Crippen molar-refractivity contribution in [2.45, 2.75) is 12.8 Å². The first kappa shape index (κ1) is 11.6. The Morgan fingerprint density at radius 2 is 1.73 bits per heavy atom. The Labute approximate surface area is 86.1 Å². The first-order chi connectivity index (χ1) is 7.15. The van der Waals surface area contributed by atoms with Gasteiger partial charge in [0.1, 0.15) is 17.5 Å². The van der Waals surface area contributed by atoms with Crippen LogP contribution in [0, 0.1) is 29.3 Å². The fourth-order valence-electron chi connectivity index (χ4n) is 1.00. The van der Waals surface area contributed by atoms with Gasteiger partial charge in [0.25, 0.3) is 0 Å². The van der Waals surface area contributed by atoms with Gasteiger partial charge in [-0.05, 0) is 13.0 Å². The number of benzene rings is 1.